The first-order valence-electron chi connectivity index (χ1n) is 36.6. The van der Waals surface area contributed by atoms with E-state index in [1.165, 1.54) is 289 Å². The summed E-state index contributed by atoms with van der Waals surface area (Å²) < 4.78 is 16.9. The zero-order valence-corrected chi connectivity index (χ0v) is 55.3. The molecule has 1 unspecified atom stereocenters. The van der Waals surface area contributed by atoms with Crippen molar-refractivity contribution in [3.63, 3.8) is 0 Å². The van der Waals surface area contributed by atoms with Gasteiger partial charge in [0.1, 0.15) is 13.2 Å². The number of allylic oxidation sites excluding steroid dienone is 8. The van der Waals surface area contributed by atoms with Crippen molar-refractivity contribution in [2.45, 2.75) is 406 Å². The number of carbonyl (C=O) groups is 3. The predicted molar refractivity (Wildman–Crippen MR) is 358 cm³/mol. The van der Waals surface area contributed by atoms with Gasteiger partial charge in [-0.25, -0.2) is 0 Å². The van der Waals surface area contributed by atoms with Crippen LogP contribution in [-0.4, -0.2) is 37.2 Å². The maximum atomic E-state index is 12.9. The lowest BCUT2D eigenvalue weighted by molar-refractivity contribution is -0.167. The largest absolute Gasteiger partial charge is 0.462 e. The quantitative estimate of drug-likeness (QED) is 0.0261. The van der Waals surface area contributed by atoms with Gasteiger partial charge in [0.05, 0.1) is 0 Å². The number of esters is 3. The van der Waals surface area contributed by atoms with Gasteiger partial charge in [0, 0.05) is 19.3 Å². The molecule has 0 aromatic carbocycles. The zero-order valence-electron chi connectivity index (χ0n) is 55.3. The van der Waals surface area contributed by atoms with E-state index in [4.69, 9.17) is 14.2 Å². The Morgan fingerprint density at radius 3 is 0.695 bits per heavy atom. The lowest BCUT2D eigenvalue weighted by atomic mass is 10.0. The van der Waals surface area contributed by atoms with E-state index >= 15 is 0 Å². The Bertz CT molecular complexity index is 1410. The molecule has 0 saturated heterocycles. The molecule has 0 rings (SSSR count). The topological polar surface area (TPSA) is 78.9 Å². The Kier molecular flexibility index (Phi) is 68.6. The molecule has 0 fully saturated rings. The van der Waals surface area contributed by atoms with Crippen molar-refractivity contribution in [1.82, 2.24) is 0 Å². The molecule has 0 aliphatic rings. The lowest BCUT2D eigenvalue weighted by Gasteiger charge is -2.18. The molecular formula is C76H140O6. The average Bonchev–Trinajstić information content (AvgIpc) is 3.48. The molecule has 0 radical (unpaired) electrons. The molecule has 0 saturated carbocycles. The molecule has 82 heavy (non-hydrogen) atoms. The summed E-state index contributed by atoms with van der Waals surface area (Å²) >= 11 is 0. The summed E-state index contributed by atoms with van der Waals surface area (Å²) in [5, 5.41) is 0. The molecule has 1 atom stereocenters. The molecule has 0 spiro atoms. The highest BCUT2D eigenvalue weighted by atomic mass is 16.6. The predicted octanol–water partition coefficient (Wildman–Crippen LogP) is 25.3. The lowest BCUT2D eigenvalue weighted by Crippen LogP contribution is -2.30. The molecule has 0 aliphatic carbocycles. The van der Waals surface area contributed by atoms with Crippen LogP contribution in [0, 0.1) is 0 Å². The van der Waals surface area contributed by atoms with Gasteiger partial charge in [0.2, 0.25) is 0 Å². The molecule has 0 amide bonds. The van der Waals surface area contributed by atoms with Crippen LogP contribution in [0.25, 0.3) is 0 Å². The second-order valence-electron chi connectivity index (χ2n) is 24.9. The summed E-state index contributed by atoms with van der Waals surface area (Å²) in [5.41, 5.74) is 0. The first-order chi connectivity index (χ1) is 40.5. The summed E-state index contributed by atoms with van der Waals surface area (Å²) in [7, 11) is 0. The van der Waals surface area contributed by atoms with E-state index in [2.05, 4.69) is 69.4 Å². The van der Waals surface area contributed by atoms with Crippen LogP contribution < -0.4 is 0 Å². The second kappa shape index (κ2) is 70.9. The Hall–Kier alpha value is -2.63. The van der Waals surface area contributed by atoms with E-state index in [-0.39, 0.29) is 31.1 Å². The number of rotatable bonds is 68. The Morgan fingerprint density at radius 1 is 0.244 bits per heavy atom. The Labute approximate surface area is 511 Å². The maximum absolute atomic E-state index is 12.9. The summed E-state index contributed by atoms with van der Waals surface area (Å²) in [6, 6.07) is 0. The summed E-state index contributed by atoms with van der Waals surface area (Å²) in [5.74, 6) is -0.849. The van der Waals surface area contributed by atoms with E-state index < -0.39 is 6.10 Å². The number of hydrogen-bond acceptors (Lipinski definition) is 6. The fourth-order valence-electron chi connectivity index (χ4n) is 11.0. The van der Waals surface area contributed by atoms with E-state index in [1.807, 2.05) is 0 Å². The average molecular weight is 1150 g/mol. The molecule has 0 N–H and O–H groups in total. The first kappa shape index (κ1) is 79.4. The van der Waals surface area contributed by atoms with Crippen LogP contribution in [0.3, 0.4) is 0 Å². The van der Waals surface area contributed by atoms with Gasteiger partial charge < -0.3 is 14.2 Å². The van der Waals surface area contributed by atoms with Crippen molar-refractivity contribution >= 4 is 17.9 Å². The molecular weight excluding hydrogens is 1010 g/mol. The standard InChI is InChI=1S/C76H140O6/c1-4-7-10-13-16-19-22-24-26-28-30-31-32-33-34-35-36-37-38-39-40-41-42-43-44-45-47-48-50-52-54-57-60-63-66-69-75(78)81-72-73(71-80-74(77)68-65-62-59-56-21-18-15-12-9-6-3)82-76(79)70-67-64-61-58-55-53-51-49-46-29-27-25-23-20-17-14-11-8-5-2/h17,20,22,24-25,27-28,30,73H,4-16,18-19,21,23,26,29,31-72H2,1-3H3/b20-17-,24-22-,27-25-,30-28-. The number of unbranched alkanes of at least 4 members (excludes halogenated alkanes) is 49. The molecule has 0 aromatic heterocycles. The first-order valence-corrected chi connectivity index (χ1v) is 36.6. The zero-order chi connectivity index (χ0) is 59.2. The van der Waals surface area contributed by atoms with Crippen LogP contribution in [0.4, 0.5) is 0 Å². The van der Waals surface area contributed by atoms with Gasteiger partial charge >= 0.3 is 17.9 Å². The molecule has 480 valence electrons. The van der Waals surface area contributed by atoms with Gasteiger partial charge in [0.15, 0.2) is 6.10 Å². The monoisotopic (exact) mass is 1150 g/mol. The minimum absolute atomic E-state index is 0.0689. The van der Waals surface area contributed by atoms with Crippen LogP contribution in [0.1, 0.15) is 400 Å². The number of ether oxygens (including phenoxy) is 3. The van der Waals surface area contributed by atoms with Crippen LogP contribution in [0.5, 0.6) is 0 Å². The smallest absolute Gasteiger partial charge is 0.306 e. The highest BCUT2D eigenvalue weighted by molar-refractivity contribution is 5.71. The Balaban J connectivity index is 4.03. The van der Waals surface area contributed by atoms with Gasteiger partial charge in [-0.15, -0.1) is 0 Å². The van der Waals surface area contributed by atoms with Gasteiger partial charge in [-0.2, -0.15) is 0 Å². The summed E-state index contributed by atoms with van der Waals surface area (Å²) in [6.45, 7) is 6.65. The van der Waals surface area contributed by atoms with Gasteiger partial charge in [-0.3, -0.25) is 14.4 Å². The fraction of sp³-hybridized carbons (Fsp3) is 0.855. The van der Waals surface area contributed by atoms with Gasteiger partial charge in [-0.1, -0.05) is 345 Å². The third-order valence-corrected chi connectivity index (χ3v) is 16.6. The van der Waals surface area contributed by atoms with Crippen molar-refractivity contribution < 1.29 is 28.6 Å². The van der Waals surface area contributed by atoms with Crippen molar-refractivity contribution in [2.24, 2.45) is 0 Å². The van der Waals surface area contributed by atoms with E-state index in [0.29, 0.717) is 19.3 Å². The maximum Gasteiger partial charge on any atom is 0.306 e. The number of carbonyl (C=O) groups excluding carboxylic acids is 3. The van der Waals surface area contributed by atoms with Crippen molar-refractivity contribution in [1.29, 1.82) is 0 Å². The van der Waals surface area contributed by atoms with Crippen LogP contribution in [0.2, 0.25) is 0 Å². The minimum atomic E-state index is -0.772. The summed E-state index contributed by atoms with van der Waals surface area (Å²) in [4.78, 5) is 38.3. The van der Waals surface area contributed by atoms with Crippen molar-refractivity contribution in [2.75, 3.05) is 13.2 Å². The molecule has 6 nitrogen and oxygen atoms in total. The molecule has 6 heteroatoms. The second-order valence-corrected chi connectivity index (χ2v) is 24.9. The van der Waals surface area contributed by atoms with Gasteiger partial charge in [0.25, 0.3) is 0 Å². The molecule has 0 aliphatic heterocycles. The van der Waals surface area contributed by atoms with Crippen LogP contribution in [0.15, 0.2) is 48.6 Å². The van der Waals surface area contributed by atoms with E-state index in [9.17, 15) is 14.4 Å². The summed E-state index contributed by atoms with van der Waals surface area (Å²) in [6.07, 6.45) is 90.3. The SMILES string of the molecule is CCCCC/C=C\C/C=C\CCCCCCCCCCCC(=O)OC(COC(=O)CCCCCCCCCCCC)COC(=O)CCCCCCCCCCCCCCCCCCCCCCCCC/C=C\C/C=C\CCCCCCC. The van der Waals surface area contributed by atoms with Crippen molar-refractivity contribution in [3.8, 4) is 0 Å². The third-order valence-electron chi connectivity index (χ3n) is 16.6. The number of hydrogen-bond donors (Lipinski definition) is 0. The minimum Gasteiger partial charge on any atom is -0.462 e. The van der Waals surface area contributed by atoms with E-state index in [0.717, 1.165) is 70.6 Å². The van der Waals surface area contributed by atoms with Crippen LogP contribution in [-0.2, 0) is 28.6 Å². The van der Waals surface area contributed by atoms with Gasteiger partial charge in [-0.05, 0) is 83.5 Å². The highest BCUT2D eigenvalue weighted by Gasteiger charge is 2.19. The van der Waals surface area contributed by atoms with Crippen molar-refractivity contribution in [3.05, 3.63) is 48.6 Å². The normalized spacial score (nSPS) is 12.3. The third kappa shape index (κ3) is 68.2. The van der Waals surface area contributed by atoms with E-state index in [1.54, 1.807) is 0 Å². The molecule has 0 aromatic rings. The molecule has 0 heterocycles. The van der Waals surface area contributed by atoms with Crippen LogP contribution >= 0.6 is 0 Å². The Morgan fingerprint density at radius 2 is 0.439 bits per heavy atom. The highest BCUT2D eigenvalue weighted by Crippen LogP contribution is 2.19. The molecule has 0 bridgehead atoms. The fourth-order valence-corrected chi connectivity index (χ4v) is 11.0.